The zero-order chi connectivity index (χ0) is 20.8. The van der Waals surface area contributed by atoms with Crippen molar-refractivity contribution in [1.29, 1.82) is 0 Å². The molecule has 1 aromatic rings. The Hall–Kier alpha value is -1.28. The molecule has 2 unspecified atom stereocenters. The molecule has 2 rings (SSSR count). The first-order valence-corrected chi connectivity index (χ1v) is 9.99. The number of primary amides is 1. The number of phosphoric ester groups is 1. The lowest BCUT2D eigenvalue weighted by Gasteiger charge is -2.18. The predicted octanol–water partition coefficient (Wildman–Crippen LogP) is -2.17. The molecular formula is C11H18N2O12P2. The Kier molecular flexibility index (Phi) is 8.60. The van der Waals surface area contributed by atoms with Crippen LogP contribution in [0.3, 0.4) is 0 Å². The first-order chi connectivity index (χ1) is 12.4. The highest BCUT2D eigenvalue weighted by molar-refractivity contribution is 7.60. The molecule has 16 heteroatoms. The second-order valence-electron chi connectivity index (χ2n) is 4.96. The minimum absolute atomic E-state index is 0.442. The van der Waals surface area contributed by atoms with E-state index in [4.69, 9.17) is 25.5 Å². The number of aliphatic hydroxyl groups excluding tert-OH is 3. The standard InChI is InChI=1S/C6H6N2O.C5H12O11P2/c7-6(9)5-2-1-3-8-4-5;6-1-2-3(7)4(8)5(14-2)15-18(12,13)16-17(9,10)11/h1-4H,(H2,7,9);2-8H,1H2,(H,12,13)(H2,9,10,11)/t;2-,3-,4-,5?/m.1/s1. The molecule has 0 aromatic carbocycles. The average molecular weight is 432 g/mol. The molecule has 5 atom stereocenters. The first kappa shape index (κ1) is 23.8. The summed E-state index contributed by atoms with van der Waals surface area (Å²) >= 11 is 0. The first-order valence-electron chi connectivity index (χ1n) is 6.96. The summed E-state index contributed by atoms with van der Waals surface area (Å²) in [6.45, 7) is -0.701. The van der Waals surface area contributed by atoms with Crippen molar-refractivity contribution >= 4 is 21.6 Å². The van der Waals surface area contributed by atoms with Gasteiger partial charge in [-0.1, -0.05) is 0 Å². The third kappa shape index (κ3) is 8.09. The topological polar surface area (TPSA) is 239 Å². The van der Waals surface area contributed by atoms with E-state index in [0.29, 0.717) is 5.56 Å². The normalized spacial score (nSPS) is 27.3. The molecule has 1 aliphatic heterocycles. The minimum Gasteiger partial charge on any atom is -0.394 e. The van der Waals surface area contributed by atoms with Gasteiger partial charge in [0, 0.05) is 12.4 Å². The van der Waals surface area contributed by atoms with Gasteiger partial charge in [0.05, 0.1) is 12.2 Å². The third-order valence-corrected chi connectivity index (χ3v) is 5.04. The summed E-state index contributed by atoms with van der Waals surface area (Å²) < 4.78 is 33.7. The average Bonchev–Trinajstić information content (AvgIpc) is 2.81. The number of ether oxygens (including phenoxy) is 1. The number of hydrogen-bond acceptors (Lipinski definition) is 10. The monoisotopic (exact) mass is 432 g/mol. The maximum atomic E-state index is 11.1. The summed E-state index contributed by atoms with van der Waals surface area (Å²) in [6, 6.07) is 3.29. The molecule has 0 spiro atoms. The van der Waals surface area contributed by atoms with E-state index in [9.17, 15) is 24.1 Å². The number of carbonyl (C=O) groups excluding carboxylic acids is 1. The summed E-state index contributed by atoms with van der Waals surface area (Å²) in [4.78, 5) is 39.7. The Morgan fingerprint density at radius 2 is 1.89 bits per heavy atom. The number of hydrogen-bond donors (Lipinski definition) is 7. The molecule has 0 aliphatic carbocycles. The van der Waals surface area contributed by atoms with E-state index >= 15 is 0 Å². The molecule has 1 saturated heterocycles. The van der Waals surface area contributed by atoms with Crippen molar-refractivity contribution < 1.29 is 57.5 Å². The maximum Gasteiger partial charge on any atom is 0.483 e. The summed E-state index contributed by atoms with van der Waals surface area (Å²) in [6.07, 6.45) is -3.49. The van der Waals surface area contributed by atoms with E-state index in [-0.39, 0.29) is 0 Å². The second-order valence-corrected chi connectivity index (χ2v) is 7.74. The zero-order valence-corrected chi connectivity index (χ0v) is 15.2. The summed E-state index contributed by atoms with van der Waals surface area (Å²) in [5, 5.41) is 27.3. The van der Waals surface area contributed by atoms with Crippen LogP contribution in [-0.4, -0.2) is 72.1 Å². The lowest BCUT2D eigenvalue weighted by molar-refractivity contribution is -0.125. The minimum atomic E-state index is -5.29. The highest BCUT2D eigenvalue weighted by Crippen LogP contribution is 2.58. The molecule has 0 bridgehead atoms. The molecule has 1 aliphatic rings. The van der Waals surface area contributed by atoms with Crippen LogP contribution in [0.4, 0.5) is 0 Å². The Balaban J connectivity index is 0.000000337. The van der Waals surface area contributed by atoms with Gasteiger partial charge in [-0.25, -0.2) is 9.13 Å². The van der Waals surface area contributed by atoms with Crippen molar-refractivity contribution in [3.8, 4) is 0 Å². The largest absolute Gasteiger partial charge is 0.483 e. The van der Waals surface area contributed by atoms with Gasteiger partial charge in [-0.3, -0.25) is 14.3 Å². The number of nitrogens with two attached hydrogens (primary N) is 1. The lowest BCUT2D eigenvalue weighted by atomic mass is 10.1. The molecule has 1 aromatic heterocycles. The number of aromatic nitrogens is 1. The quantitative estimate of drug-likeness (QED) is 0.237. The van der Waals surface area contributed by atoms with Crippen LogP contribution in [0.5, 0.6) is 0 Å². The van der Waals surface area contributed by atoms with Crippen LogP contribution in [0.25, 0.3) is 0 Å². The molecule has 1 amide bonds. The molecule has 154 valence electrons. The van der Waals surface area contributed by atoms with E-state index in [2.05, 4.69) is 18.6 Å². The number of amides is 1. The van der Waals surface area contributed by atoms with Gasteiger partial charge >= 0.3 is 15.6 Å². The summed E-state index contributed by atoms with van der Waals surface area (Å²) in [5.74, 6) is -0.442. The zero-order valence-electron chi connectivity index (χ0n) is 13.4. The molecule has 8 N–H and O–H groups in total. The van der Waals surface area contributed by atoms with Crippen molar-refractivity contribution in [2.75, 3.05) is 6.61 Å². The van der Waals surface area contributed by atoms with Crippen molar-refractivity contribution in [2.24, 2.45) is 5.73 Å². The van der Waals surface area contributed by atoms with Gasteiger partial charge in [-0.15, -0.1) is 0 Å². The van der Waals surface area contributed by atoms with Crippen molar-refractivity contribution in [3.63, 3.8) is 0 Å². The van der Waals surface area contributed by atoms with Crippen LogP contribution < -0.4 is 5.73 Å². The number of rotatable bonds is 6. The highest BCUT2D eigenvalue weighted by Gasteiger charge is 2.47. The molecule has 0 saturated carbocycles. The maximum absolute atomic E-state index is 11.1. The van der Waals surface area contributed by atoms with E-state index in [0.717, 1.165) is 0 Å². The number of phosphoric acid groups is 2. The highest BCUT2D eigenvalue weighted by atomic mass is 31.3. The van der Waals surface area contributed by atoms with Crippen molar-refractivity contribution in [1.82, 2.24) is 4.98 Å². The van der Waals surface area contributed by atoms with Gasteiger partial charge in [0.1, 0.15) is 18.3 Å². The van der Waals surface area contributed by atoms with Crippen molar-refractivity contribution in [2.45, 2.75) is 24.6 Å². The Morgan fingerprint density at radius 1 is 1.26 bits per heavy atom. The fourth-order valence-electron chi connectivity index (χ4n) is 1.75. The van der Waals surface area contributed by atoms with E-state index < -0.39 is 52.8 Å². The van der Waals surface area contributed by atoms with Gasteiger partial charge in [0.2, 0.25) is 5.91 Å². The van der Waals surface area contributed by atoms with Crippen LogP contribution >= 0.6 is 15.6 Å². The molecule has 0 radical (unpaired) electrons. The SMILES string of the molecule is NC(=O)c1cccnc1.O=P(O)(O)OP(=O)(O)OC1O[C@H](CO)[C@@H](O)[C@H]1O. The predicted molar refractivity (Wildman–Crippen MR) is 84.6 cm³/mol. The van der Waals surface area contributed by atoms with E-state index in [1.807, 2.05) is 0 Å². The lowest BCUT2D eigenvalue weighted by Crippen LogP contribution is -2.34. The van der Waals surface area contributed by atoms with Crippen LogP contribution in [0.2, 0.25) is 0 Å². The molecule has 27 heavy (non-hydrogen) atoms. The Morgan fingerprint density at radius 3 is 2.26 bits per heavy atom. The number of nitrogens with zero attached hydrogens (tertiary/aromatic N) is 1. The third-order valence-electron chi connectivity index (χ3n) is 2.89. The van der Waals surface area contributed by atoms with Gasteiger partial charge in [0.25, 0.3) is 0 Å². The van der Waals surface area contributed by atoms with Crippen LogP contribution in [-0.2, 0) is 22.7 Å². The van der Waals surface area contributed by atoms with E-state index in [1.165, 1.54) is 6.20 Å². The summed E-state index contributed by atoms with van der Waals surface area (Å²) in [5.41, 5.74) is 5.38. The van der Waals surface area contributed by atoms with Crippen LogP contribution in [0.1, 0.15) is 10.4 Å². The smallest absolute Gasteiger partial charge is 0.394 e. The number of carbonyl (C=O) groups is 1. The van der Waals surface area contributed by atoms with Gasteiger partial charge < -0.3 is 40.5 Å². The van der Waals surface area contributed by atoms with E-state index in [1.54, 1.807) is 18.3 Å². The second kappa shape index (κ2) is 9.78. The molecule has 14 nitrogen and oxygen atoms in total. The molecule has 2 heterocycles. The van der Waals surface area contributed by atoms with Gasteiger partial charge in [-0.2, -0.15) is 4.31 Å². The van der Waals surface area contributed by atoms with Gasteiger partial charge in [-0.05, 0) is 12.1 Å². The van der Waals surface area contributed by atoms with Crippen LogP contribution in [0, 0.1) is 0 Å². The Bertz CT molecular complexity index is 713. The van der Waals surface area contributed by atoms with Crippen molar-refractivity contribution in [3.05, 3.63) is 30.1 Å². The number of pyridine rings is 1. The fourth-order valence-corrected chi connectivity index (χ4v) is 3.41. The number of aliphatic hydroxyl groups is 3. The van der Waals surface area contributed by atoms with Crippen LogP contribution in [0.15, 0.2) is 24.5 Å². The fraction of sp³-hybridized carbons (Fsp3) is 0.455. The summed E-state index contributed by atoms with van der Waals surface area (Å²) in [7, 11) is -10.5. The van der Waals surface area contributed by atoms with Gasteiger partial charge in [0.15, 0.2) is 6.29 Å². The molecule has 1 fully saturated rings. The molecular weight excluding hydrogens is 414 g/mol. The Labute approximate surface area is 152 Å².